The third kappa shape index (κ3) is 8.94. The molecule has 0 aromatic heterocycles. The van der Waals surface area contributed by atoms with Gasteiger partial charge >= 0.3 is 10.2 Å². The first-order valence-corrected chi connectivity index (χ1v) is 15.5. The van der Waals surface area contributed by atoms with E-state index in [1.807, 2.05) is 37.3 Å². The molecule has 2 amide bonds. The third-order valence-electron chi connectivity index (χ3n) is 6.52. The number of carbonyl (C=O) groups excluding carboxylic acids is 2. The molecular weight excluding hydrogens is 583 g/mol. The average molecular weight is 620 g/mol. The van der Waals surface area contributed by atoms with Gasteiger partial charge in [-0.15, -0.1) is 0 Å². The molecule has 0 spiro atoms. The first-order valence-electron chi connectivity index (χ1n) is 13.3. The molecule has 0 aliphatic carbocycles. The summed E-state index contributed by atoms with van der Waals surface area (Å²) in [6.07, 6.45) is 1.90. The van der Waals surface area contributed by atoms with Crippen LogP contribution in [0.1, 0.15) is 30.9 Å². The Labute approximate surface area is 253 Å². The van der Waals surface area contributed by atoms with Crippen molar-refractivity contribution in [2.24, 2.45) is 0 Å². The van der Waals surface area contributed by atoms with Crippen molar-refractivity contribution in [2.45, 2.75) is 38.8 Å². The standard InChI is InChI=1S/C30H36Cl2N4O4S/c1-4-5-18-33-30(38)28(19-23-12-8-6-9-13-23)35(21-24-16-17-25(31)20-27(24)32)29(37)22-36(41(39,40)34(2)3)26-14-10-7-11-15-26/h6-17,20,28H,4-5,18-19,21-22H2,1-3H3,(H,33,38). The van der Waals surface area contributed by atoms with Gasteiger partial charge in [0, 0.05) is 43.7 Å². The normalized spacial score (nSPS) is 12.1. The SMILES string of the molecule is CCCCNC(=O)C(Cc1ccccc1)N(Cc1ccc(Cl)cc1Cl)C(=O)CN(c1ccccc1)S(=O)(=O)N(C)C. The van der Waals surface area contributed by atoms with Crippen molar-refractivity contribution in [2.75, 3.05) is 31.5 Å². The van der Waals surface area contributed by atoms with Crippen molar-refractivity contribution in [1.29, 1.82) is 0 Å². The van der Waals surface area contributed by atoms with E-state index in [0.717, 1.165) is 27.0 Å². The molecule has 0 fully saturated rings. The van der Waals surface area contributed by atoms with Gasteiger partial charge in [0.1, 0.15) is 12.6 Å². The number of halogens is 2. The largest absolute Gasteiger partial charge is 0.354 e. The van der Waals surface area contributed by atoms with Crippen LogP contribution in [0.3, 0.4) is 0 Å². The van der Waals surface area contributed by atoms with Crippen LogP contribution < -0.4 is 9.62 Å². The Morgan fingerprint density at radius 2 is 1.56 bits per heavy atom. The summed E-state index contributed by atoms with van der Waals surface area (Å²) in [5, 5.41) is 3.72. The maximum Gasteiger partial charge on any atom is 0.304 e. The van der Waals surface area contributed by atoms with Gasteiger partial charge in [-0.2, -0.15) is 12.7 Å². The number of unbranched alkanes of at least 4 members (excludes halogenated alkanes) is 1. The lowest BCUT2D eigenvalue weighted by molar-refractivity contribution is -0.140. The molecule has 3 rings (SSSR count). The van der Waals surface area contributed by atoms with E-state index in [0.29, 0.717) is 27.8 Å². The summed E-state index contributed by atoms with van der Waals surface area (Å²) in [4.78, 5) is 29.3. The van der Waals surface area contributed by atoms with E-state index >= 15 is 0 Å². The highest BCUT2D eigenvalue weighted by atomic mass is 35.5. The van der Waals surface area contributed by atoms with E-state index < -0.39 is 28.7 Å². The fourth-order valence-electron chi connectivity index (χ4n) is 4.20. The number of hydrogen-bond acceptors (Lipinski definition) is 4. The molecule has 0 aliphatic rings. The highest BCUT2D eigenvalue weighted by Gasteiger charge is 2.34. The Morgan fingerprint density at radius 1 is 0.927 bits per heavy atom. The highest BCUT2D eigenvalue weighted by molar-refractivity contribution is 7.90. The number of amides is 2. The van der Waals surface area contributed by atoms with Crippen molar-refractivity contribution in [1.82, 2.24) is 14.5 Å². The van der Waals surface area contributed by atoms with Crippen molar-refractivity contribution >= 4 is 50.9 Å². The van der Waals surface area contributed by atoms with Gasteiger partial charge in [0.25, 0.3) is 0 Å². The molecule has 1 atom stereocenters. The van der Waals surface area contributed by atoms with Crippen molar-refractivity contribution < 1.29 is 18.0 Å². The van der Waals surface area contributed by atoms with E-state index in [4.69, 9.17) is 23.2 Å². The van der Waals surface area contributed by atoms with Crippen molar-refractivity contribution in [3.05, 3.63) is 100 Å². The molecule has 0 saturated carbocycles. The second-order valence-electron chi connectivity index (χ2n) is 9.74. The molecule has 0 aliphatic heterocycles. The number of para-hydroxylation sites is 1. The lowest BCUT2D eigenvalue weighted by Crippen LogP contribution is -2.54. The van der Waals surface area contributed by atoms with Gasteiger partial charge in [-0.05, 0) is 41.8 Å². The minimum atomic E-state index is -4.05. The van der Waals surface area contributed by atoms with Gasteiger partial charge in [-0.1, -0.05) is 91.1 Å². The zero-order chi connectivity index (χ0) is 30.0. The van der Waals surface area contributed by atoms with Crippen LogP contribution in [0.15, 0.2) is 78.9 Å². The maximum absolute atomic E-state index is 14.2. The number of carbonyl (C=O) groups is 2. The Hall–Kier alpha value is -3.11. The molecule has 3 aromatic rings. The number of benzene rings is 3. The maximum atomic E-state index is 14.2. The van der Waals surface area contributed by atoms with Crippen LogP contribution in [0.25, 0.3) is 0 Å². The predicted molar refractivity (Wildman–Crippen MR) is 165 cm³/mol. The topological polar surface area (TPSA) is 90.0 Å². The molecule has 220 valence electrons. The van der Waals surface area contributed by atoms with Crippen molar-refractivity contribution in [3.63, 3.8) is 0 Å². The predicted octanol–water partition coefficient (Wildman–Crippen LogP) is 5.16. The second-order valence-corrected chi connectivity index (χ2v) is 12.7. The number of nitrogens with one attached hydrogen (secondary N) is 1. The quantitative estimate of drug-likeness (QED) is 0.253. The summed E-state index contributed by atoms with van der Waals surface area (Å²) >= 11 is 12.6. The van der Waals surface area contributed by atoms with Crippen LogP contribution in [0.5, 0.6) is 0 Å². The summed E-state index contributed by atoms with van der Waals surface area (Å²) in [7, 11) is -1.25. The van der Waals surface area contributed by atoms with E-state index in [1.165, 1.54) is 19.0 Å². The van der Waals surface area contributed by atoms with Crippen LogP contribution in [-0.4, -0.2) is 62.7 Å². The van der Waals surface area contributed by atoms with Crippen LogP contribution in [0.4, 0.5) is 5.69 Å². The summed E-state index contributed by atoms with van der Waals surface area (Å²) in [6.45, 7) is 1.92. The Balaban J connectivity index is 2.08. The molecule has 1 unspecified atom stereocenters. The van der Waals surface area contributed by atoms with Gasteiger partial charge in [0.2, 0.25) is 11.8 Å². The van der Waals surface area contributed by atoms with Gasteiger partial charge < -0.3 is 10.2 Å². The van der Waals surface area contributed by atoms with E-state index in [1.54, 1.807) is 48.5 Å². The first-order chi connectivity index (χ1) is 19.5. The number of anilines is 1. The van der Waals surface area contributed by atoms with Gasteiger partial charge in [0.05, 0.1) is 5.69 Å². The Bertz CT molecular complexity index is 1410. The molecule has 0 saturated heterocycles. The molecule has 11 heteroatoms. The fraction of sp³-hybridized carbons (Fsp3) is 0.333. The first kappa shape index (κ1) is 32.4. The van der Waals surface area contributed by atoms with E-state index in [-0.39, 0.29) is 18.9 Å². The highest BCUT2D eigenvalue weighted by Crippen LogP contribution is 2.25. The molecule has 0 radical (unpaired) electrons. The van der Waals surface area contributed by atoms with Gasteiger partial charge in [-0.25, -0.2) is 4.31 Å². The van der Waals surface area contributed by atoms with Crippen LogP contribution in [0, 0.1) is 0 Å². The second kappa shape index (κ2) is 15.2. The molecular formula is C30H36Cl2N4O4S. The smallest absolute Gasteiger partial charge is 0.304 e. The lowest BCUT2D eigenvalue weighted by atomic mass is 10.0. The lowest BCUT2D eigenvalue weighted by Gasteiger charge is -2.34. The minimum absolute atomic E-state index is 0.0296. The summed E-state index contributed by atoms with van der Waals surface area (Å²) in [6, 6.07) is 21.8. The molecule has 0 bridgehead atoms. The fourth-order valence-corrected chi connectivity index (χ4v) is 5.73. The van der Waals surface area contributed by atoms with Crippen molar-refractivity contribution in [3.8, 4) is 0 Å². The van der Waals surface area contributed by atoms with Crippen LogP contribution >= 0.6 is 23.2 Å². The van der Waals surface area contributed by atoms with Gasteiger partial charge in [0.15, 0.2) is 0 Å². The van der Waals surface area contributed by atoms with Crippen LogP contribution in [0.2, 0.25) is 10.0 Å². The summed E-state index contributed by atoms with van der Waals surface area (Å²) < 4.78 is 28.8. The van der Waals surface area contributed by atoms with Crippen LogP contribution in [-0.2, 0) is 32.8 Å². The number of rotatable bonds is 14. The number of nitrogens with zero attached hydrogens (tertiary/aromatic N) is 3. The molecule has 0 heterocycles. The van der Waals surface area contributed by atoms with E-state index in [2.05, 4.69) is 5.32 Å². The Morgan fingerprint density at radius 3 is 2.15 bits per heavy atom. The van der Waals surface area contributed by atoms with Gasteiger partial charge in [-0.3, -0.25) is 9.59 Å². The zero-order valence-electron chi connectivity index (χ0n) is 23.5. The summed E-state index contributed by atoms with van der Waals surface area (Å²) in [5.41, 5.74) is 1.75. The molecule has 8 nitrogen and oxygen atoms in total. The minimum Gasteiger partial charge on any atom is -0.354 e. The third-order valence-corrected chi connectivity index (χ3v) is 8.93. The van der Waals surface area contributed by atoms with E-state index in [9.17, 15) is 18.0 Å². The monoisotopic (exact) mass is 618 g/mol. The number of hydrogen-bond donors (Lipinski definition) is 1. The molecule has 1 N–H and O–H groups in total. The molecule has 3 aromatic carbocycles. The zero-order valence-corrected chi connectivity index (χ0v) is 25.8. The molecule has 41 heavy (non-hydrogen) atoms. The summed E-state index contributed by atoms with van der Waals surface area (Å²) in [5.74, 6) is -0.890. The Kier molecular flexibility index (Phi) is 12.0. The average Bonchev–Trinajstić information content (AvgIpc) is 2.95.